The van der Waals surface area contributed by atoms with E-state index in [0.717, 1.165) is 37.1 Å². The van der Waals surface area contributed by atoms with Crippen molar-refractivity contribution in [2.24, 2.45) is 0 Å². The summed E-state index contributed by atoms with van der Waals surface area (Å²) >= 11 is 0. The van der Waals surface area contributed by atoms with Gasteiger partial charge in [-0.2, -0.15) is 0 Å². The van der Waals surface area contributed by atoms with Crippen LogP contribution in [0.3, 0.4) is 0 Å². The van der Waals surface area contributed by atoms with Gasteiger partial charge in [0.2, 0.25) is 0 Å². The average Bonchev–Trinajstić information content (AvgIpc) is 2.62. The van der Waals surface area contributed by atoms with Crippen molar-refractivity contribution >= 4 is 0 Å². The Kier molecular flexibility index (Phi) is 5.59. The van der Waals surface area contributed by atoms with Crippen LogP contribution in [-0.2, 0) is 4.74 Å². The predicted molar refractivity (Wildman–Crippen MR) is 90.6 cm³/mol. The Hall–Kier alpha value is -1.78. The summed E-state index contributed by atoms with van der Waals surface area (Å²) in [5.41, 5.74) is 1.76. The lowest BCUT2D eigenvalue weighted by molar-refractivity contribution is -0.104. The first-order valence-corrected chi connectivity index (χ1v) is 8.58. The van der Waals surface area contributed by atoms with Crippen LogP contribution in [0.5, 0.6) is 0 Å². The maximum Gasteiger partial charge on any atom is 0.123 e. The summed E-state index contributed by atoms with van der Waals surface area (Å²) in [7, 11) is 0. The quantitative estimate of drug-likeness (QED) is 0.772. The molecular weight excluding hydrogens is 308 g/mol. The Balaban J connectivity index is 1.89. The predicted octanol–water partition coefficient (Wildman–Crippen LogP) is 4.90. The first kappa shape index (κ1) is 17.1. The van der Waals surface area contributed by atoms with Gasteiger partial charge in [-0.3, -0.25) is 4.90 Å². The first-order valence-electron chi connectivity index (χ1n) is 8.58. The van der Waals surface area contributed by atoms with Gasteiger partial charge >= 0.3 is 0 Å². The molecule has 1 unspecified atom stereocenters. The molecule has 1 fully saturated rings. The Labute approximate surface area is 142 Å². The first-order chi connectivity index (χ1) is 11.7. The third kappa shape index (κ3) is 4.00. The van der Waals surface area contributed by atoms with Gasteiger partial charge in [0.15, 0.2) is 0 Å². The summed E-state index contributed by atoms with van der Waals surface area (Å²) in [6.45, 7) is 4.09. The van der Waals surface area contributed by atoms with Crippen LogP contribution in [-0.4, -0.2) is 24.2 Å². The van der Waals surface area contributed by atoms with Crippen LogP contribution >= 0.6 is 0 Å². The number of benzene rings is 2. The Morgan fingerprint density at radius 3 is 2.00 bits per heavy atom. The summed E-state index contributed by atoms with van der Waals surface area (Å²) < 4.78 is 33.0. The lowest BCUT2D eigenvalue weighted by Crippen LogP contribution is -2.41. The molecule has 0 saturated carbocycles. The fourth-order valence-corrected chi connectivity index (χ4v) is 3.26. The molecule has 1 aliphatic heterocycles. The van der Waals surface area contributed by atoms with Crippen molar-refractivity contribution in [3.8, 4) is 0 Å². The number of hydrogen-bond donors (Lipinski definition) is 0. The van der Waals surface area contributed by atoms with Crippen LogP contribution in [0.2, 0.25) is 0 Å². The number of halogens is 2. The van der Waals surface area contributed by atoms with E-state index in [9.17, 15) is 8.78 Å². The molecule has 2 nitrogen and oxygen atoms in total. The molecule has 2 aromatic rings. The molecule has 0 amide bonds. The normalized spacial score (nSPS) is 18.9. The molecule has 0 aromatic heterocycles. The van der Waals surface area contributed by atoms with Crippen molar-refractivity contribution < 1.29 is 13.5 Å². The molecule has 24 heavy (non-hydrogen) atoms. The zero-order chi connectivity index (χ0) is 16.9. The highest BCUT2D eigenvalue weighted by Crippen LogP contribution is 2.31. The minimum Gasteiger partial charge on any atom is -0.350 e. The topological polar surface area (TPSA) is 12.5 Å². The standard InChI is InChI=1S/C20H23F2NO/c1-2-23-14-4-3-5-19(23)24-20(15-6-10-17(21)11-7-15)16-8-12-18(22)13-9-16/h6-13,19-20H,2-5,14H2,1H3. The van der Waals surface area contributed by atoms with E-state index in [1.54, 1.807) is 24.3 Å². The zero-order valence-electron chi connectivity index (χ0n) is 13.9. The van der Waals surface area contributed by atoms with Crippen LogP contribution in [0.1, 0.15) is 43.4 Å². The van der Waals surface area contributed by atoms with E-state index in [1.807, 2.05) is 0 Å². The van der Waals surface area contributed by atoms with E-state index in [4.69, 9.17) is 4.74 Å². The smallest absolute Gasteiger partial charge is 0.123 e. The highest BCUT2D eigenvalue weighted by atomic mass is 19.1. The summed E-state index contributed by atoms with van der Waals surface area (Å²) in [5, 5.41) is 0. The zero-order valence-corrected chi connectivity index (χ0v) is 13.9. The SMILES string of the molecule is CCN1CCCCC1OC(c1ccc(F)cc1)c1ccc(F)cc1. The molecule has 0 N–H and O–H groups in total. The molecule has 128 valence electrons. The molecule has 4 heteroatoms. The highest BCUT2D eigenvalue weighted by Gasteiger charge is 2.26. The van der Waals surface area contributed by atoms with Crippen LogP contribution in [0.4, 0.5) is 8.78 Å². The second-order valence-corrected chi connectivity index (χ2v) is 6.20. The van der Waals surface area contributed by atoms with Crippen molar-refractivity contribution in [2.45, 2.75) is 38.5 Å². The summed E-state index contributed by atoms with van der Waals surface area (Å²) in [6.07, 6.45) is 3.01. The van der Waals surface area contributed by atoms with Crippen molar-refractivity contribution in [1.82, 2.24) is 4.90 Å². The van der Waals surface area contributed by atoms with E-state index in [1.165, 1.54) is 30.7 Å². The second kappa shape index (κ2) is 7.86. The number of nitrogens with zero attached hydrogens (tertiary/aromatic N) is 1. The molecule has 0 bridgehead atoms. The largest absolute Gasteiger partial charge is 0.350 e. The summed E-state index contributed by atoms with van der Waals surface area (Å²) in [6, 6.07) is 12.7. The molecular formula is C20H23F2NO. The van der Waals surface area contributed by atoms with Crippen LogP contribution in [0.25, 0.3) is 0 Å². The Morgan fingerprint density at radius 1 is 0.958 bits per heavy atom. The molecule has 1 atom stereocenters. The number of likely N-dealkylation sites (tertiary alicyclic amines) is 1. The Morgan fingerprint density at radius 2 is 1.50 bits per heavy atom. The molecule has 0 radical (unpaired) electrons. The summed E-state index contributed by atoms with van der Waals surface area (Å²) in [4.78, 5) is 2.32. The second-order valence-electron chi connectivity index (χ2n) is 6.20. The van der Waals surface area contributed by atoms with E-state index < -0.39 is 0 Å². The van der Waals surface area contributed by atoms with Crippen LogP contribution in [0, 0.1) is 11.6 Å². The van der Waals surface area contributed by atoms with Gasteiger partial charge in [-0.15, -0.1) is 0 Å². The van der Waals surface area contributed by atoms with Gasteiger partial charge in [-0.25, -0.2) is 8.78 Å². The number of ether oxygens (including phenoxy) is 1. The third-order valence-electron chi connectivity index (χ3n) is 4.60. The minimum atomic E-state index is -0.330. The molecule has 1 aliphatic rings. The number of hydrogen-bond acceptors (Lipinski definition) is 2. The van der Waals surface area contributed by atoms with E-state index >= 15 is 0 Å². The molecule has 3 rings (SSSR count). The monoisotopic (exact) mass is 331 g/mol. The van der Waals surface area contributed by atoms with Gasteiger partial charge in [0.25, 0.3) is 0 Å². The van der Waals surface area contributed by atoms with Gasteiger partial charge in [-0.1, -0.05) is 31.2 Å². The van der Waals surface area contributed by atoms with Crippen molar-refractivity contribution in [3.63, 3.8) is 0 Å². The van der Waals surface area contributed by atoms with Crippen LogP contribution < -0.4 is 0 Å². The molecule has 0 aliphatic carbocycles. The fourth-order valence-electron chi connectivity index (χ4n) is 3.26. The van der Waals surface area contributed by atoms with Gasteiger partial charge in [-0.05, 0) is 61.2 Å². The van der Waals surface area contributed by atoms with Gasteiger partial charge < -0.3 is 4.74 Å². The molecule has 0 spiro atoms. The third-order valence-corrected chi connectivity index (χ3v) is 4.60. The number of piperidine rings is 1. The summed E-state index contributed by atoms with van der Waals surface area (Å²) in [5.74, 6) is -0.547. The van der Waals surface area contributed by atoms with Crippen molar-refractivity contribution in [2.75, 3.05) is 13.1 Å². The van der Waals surface area contributed by atoms with Gasteiger partial charge in [0.05, 0.1) is 0 Å². The van der Waals surface area contributed by atoms with E-state index in [0.29, 0.717) is 0 Å². The van der Waals surface area contributed by atoms with E-state index in [2.05, 4.69) is 11.8 Å². The molecule has 2 aromatic carbocycles. The molecule has 1 heterocycles. The minimum absolute atomic E-state index is 0.0313. The fraction of sp³-hybridized carbons (Fsp3) is 0.400. The lowest BCUT2D eigenvalue weighted by Gasteiger charge is -2.37. The Bertz CT molecular complexity index is 596. The van der Waals surface area contributed by atoms with Gasteiger partial charge in [0, 0.05) is 6.54 Å². The molecule has 1 saturated heterocycles. The van der Waals surface area contributed by atoms with Crippen molar-refractivity contribution in [3.05, 3.63) is 71.3 Å². The number of rotatable bonds is 5. The van der Waals surface area contributed by atoms with E-state index in [-0.39, 0.29) is 24.0 Å². The lowest BCUT2D eigenvalue weighted by atomic mass is 10.0. The van der Waals surface area contributed by atoms with Crippen LogP contribution in [0.15, 0.2) is 48.5 Å². The maximum atomic E-state index is 13.3. The van der Waals surface area contributed by atoms with Gasteiger partial charge in [0.1, 0.15) is 24.0 Å². The van der Waals surface area contributed by atoms with Crippen molar-refractivity contribution in [1.29, 1.82) is 0 Å². The highest BCUT2D eigenvalue weighted by molar-refractivity contribution is 5.30. The average molecular weight is 331 g/mol. The maximum absolute atomic E-state index is 13.3.